The van der Waals surface area contributed by atoms with Gasteiger partial charge < -0.3 is 4.74 Å². The van der Waals surface area contributed by atoms with E-state index in [-0.39, 0.29) is 0 Å². The van der Waals surface area contributed by atoms with Crippen LogP contribution in [0.25, 0.3) is 0 Å². The van der Waals surface area contributed by atoms with Crippen molar-refractivity contribution in [2.45, 2.75) is 26.7 Å². The predicted molar refractivity (Wildman–Crippen MR) is 80.6 cm³/mol. The fourth-order valence-electron chi connectivity index (χ4n) is 2.64. The van der Waals surface area contributed by atoms with Gasteiger partial charge in [0.15, 0.2) is 0 Å². The Morgan fingerprint density at radius 3 is 2.65 bits per heavy atom. The molecule has 0 aromatic heterocycles. The van der Waals surface area contributed by atoms with Gasteiger partial charge in [-0.15, -0.1) is 0 Å². The number of rotatable bonds is 5. The molecule has 1 heterocycles. The van der Waals surface area contributed by atoms with Crippen molar-refractivity contribution in [1.29, 1.82) is 5.26 Å². The van der Waals surface area contributed by atoms with Crippen LogP contribution in [0.4, 0.5) is 0 Å². The monoisotopic (exact) mass is 272 g/mol. The van der Waals surface area contributed by atoms with Crippen molar-refractivity contribution in [2.24, 2.45) is 11.8 Å². The number of hydrogen-bond donors (Lipinski definition) is 0. The highest BCUT2D eigenvalue weighted by Crippen LogP contribution is 2.22. The van der Waals surface area contributed by atoms with Gasteiger partial charge in [0.05, 0.1) is 12.5 Å². The lowest BCUT2D eigenvalue weighted by molar-refractivity contribution is 0.119. The van der Waals surface area contributed by atoms with Gasteiger partial charge in [0.1, 0.15) is 12.4 Å². The van der Waals surface area contributed by atoms with Gasteiger partial charge in [-0.1, -0.05) is 26.0 Å². The Hall–Kier alpha value is -1.53. The largest absolute Gasteiger partial charge is 0.492 e. The fraction of sp³-hybridized carbons (Fsp3) is 0.588. The minimum Gasteiger partial charge on any atom is -0.492 e. The minimum absolute atomic E-state index is 0.462. The summed E-state index contributed by atoms with van der Waals surface area (Å²) in [6, 6.07) is 9.98. The highest BCUT2D eigenvalue weighted by molar-refractivity contribution is 5.28. The molecule has 0 amide bonds. The molecule has 1 fully saturated rings. The van der Waals surface area contributed by atoms with E-state index in [4.69, 9.17) is 10.00 Å². The molecule has 2 atom stereocenters. The average molecular weight is 272 g/mol. The first-order valence-electron chi connectivity index (χ1n) is 7.50. The van der Waals surface area contributed by atoms with E-state index < -0.39 is 0 Å². The van der Waals surface area contributed by atoms with Crippen molar-refractivity contribution in [3.63, 3.8) is 0 Å². The SMILES string of the molecule is CC1CCN(CCOc2ccc(CC#N)cc2)CC1C. The third kappa shape index (κ3) is 4.25. The Bertz CT molecular complexity index is 449. The third-order valence-electron chi connectivity index (χ3n) is 4.30. The first-order valence-corrected chi connectivity index (χ1v) is 7.50. The van der Waals surface area contributed by atoms with Crippen LogP contribution >= 0.6 is 0 Å². The van der Waals surface area contributed by atoms with Gasteiger partial charge in [-0.05, 0) is 42.5 Å². The van der Waals surface area contributed by atoms with E-state index in [1.54, 1.807) is 0 Å². The second-order valence-corrected chi connectivity index (χ2v) is 5.87. The van der Waals surface area contributed by atoms with Crippen molar-refractivity contribution in [3.05, 3.63) is 29.8 Å². The normalized spacial score (nSPS) is 23.2. The van der Waals surface area contributed by atoms with Crippen LogP contribution in [0.2, 0.25) is 0 Å². The summed E-state index contributed by atoms with van der Waals surface area (Å²) in [5.74, 6) is 2.53. The Morgan fingerprint density at radius 2 is 2.00 bits per heavy atom. The number of ether oxygens (including phenoxy) is 1. The van der Waals surface area contributed by atoms with Gasteiger partial charge in [-0.3, -0.25) is 4.90 Å². The van der Waals surface area contributed by atoms with Crippen LogP contribution in [0.15, 0.2) is 24.3 Å². The van der Waals surface area contributed by atoms with Crippen LogP contribution in [0.3, 0.4) is 0 Å². The number of likely N-dealkylation sites (tertiary alicyclic amines) is 1. The second-order valence-electron chi connectivity index (χ2n) is 5.87. The standard InChI is InChI=1S/C17H24N2O/c1-14-8-10-19(13-15(14)2)11-12-20-17-5-3-16(4-6-17)7-9-18/h3-6,14-15H,7-8,10-13H2,1-2H3. The predicted octanol–water partition coefficient (Wildman–Crippen LogP) is 3.11. The molecule has 20 heavy (non-hydrogen) atoms. The fourth-order valence-corrected chi connectivity index (χ4v) is 2.64. The van der Waals surface area contributed by atoms with Crippen LogP contribution in [0, 0.1) is 23.2 Å². The maximum atomic E-state index is 8.63. The number of nitriles is 1. The number of hydrogen-bond acceptors (Lipinski definition) is 3. The summed E-state index contributed by atoms with van der Waals surface area (Å²) in [6.45, 7) is 8.80. The van der Waals surface area contributed by atoms with Crippen molar-refractivity contribution in [2.75, 3.05) is 26.2 Å². The molecule has 0 spiro atoms. The molecule has 0 radical (unpaired) electrons. The summed E-state index contributed by atoms with van der Waals surface area (Å²) in [4.78, 5) is 2.49. The molecule has 3 nitrogen and oxygen atoms in total. The third-order valence-corrected chi connectivity index (χ3v) is 4.30. The zero-order valence-corrected chi connectivity index (χ0v) is 12.5. The van der Waals surface area contributed by atoms with Crippen molar-refractivity contribution in [1.82, 2.24) is 4.90 Å². The molecule has 1 aromatic rings. The summed E-state index contributed by atoms with van der Waals surface area (Å²) in [5.41, 5.74) is 1.04. The molecule has 2 unspecified atom stereocenters. The topological polar surface area (TPSA) is 36.3 Å². The molecule has 1 aliphatic rings. The lowest BCUT2D eigenvalue weighted by atomic mass is 9.89. The quantitative estimate of drug-likeness (QED) is 0.826. The molecule has 0 N–H and O–H groups in total. The van der Waals surface area contributed by atoms with Crippen molar-refractivity contribution < 1.29 is 4.74 Å². The lowest BCUT2D eigenvalue weighted by Gasteiger charge is -2.35. The van der Waals surface area contributed by atoms with Crippen molar-refractivity contribution in [3.8, 4) is 11.8 Å². The van der Waals surface area contributed by atoms with E-state index >= 15 is 0 Å². The maximum absolute atomic E-state index is 8.63. The maximum Gasteiger partial charge on any atom is 0.119 e. The van der Waals surface area contributed by atoms with Gasteiger partial charge >= 0.3 is 0 Å². The van der Waals surface area contributed by atoms with E-state index in [1.807, 2.05) is 24.3 Å². The molecule has 108 valence electrons. The van der Waals surface area contributed by atoms with Gasteiger partial charge in [0.2, 0.25) is 0 Å². The number of benzene rings is 1. The molecule has 1 aliphatic heterocycles. The first-order chi connectivity index (χ1) is 9.69. The van der Waals surface area contributed by atoms with E-state index in [2.05, 4.69) is 24.8 Å². The highest BCUT2D eigenvalue weighted by atomic mass is 16.5. The summed E-state index contributed by atoms with van der Waals surface area (Å²) in [5, 5.41) is 8.63. The Morgan fingerprint density at radius 1 is 1.25 bits per heavy atom. The molecule has 1 saturated heterocycles. The summed E-state index contributed by atoms with van der Waals surface area (Å²) in [7, 11) is 0. The Balaban J connectivity index is 1.72. The van der Waals surface area contributed by atoms with Crippen molar-refractivity contribution >= 4 is 0 Å². The van der Waals surface area contributed by atoms with Crippen LogP contribution in [0.1, 0.15) is 25.8 Å². The van der Waals surface area contributed by atoms with E-state index in [0.717, 1.165) is 36.3 Å². The average Bonchev–Trinajstić information content (AvgIpc) is 2.45. The molecular weight excluding hydrogens is 248 g/mol. The minimum atomic E-state index is 0.462. The van der Waals surface area contributed by atoms with Crippen LogP contribution in [0.5, 0.6) is 5.75 Å². The van der Waals surface area contributed by atoms with E-state index in [9.17, 15) is 0 Å². The molecule has 1 aromatic carbocycles. The molecule has 0 aliphatic carbocycles. The van der Waals surface area contributed by atoms with E-state index in [0.29, 0.717) is 6.42 Å². The summed E-state index contributed by atoms with van der Waals surface area (Å²) < 4.78 is 5.78. The first kappa shape index (κ1) is 14.9. The Labute approximate surface area is 122 Å². The molecular formula is C17H24N2O. The van der Waals surface area contributed by atoms with Gasteiger partial charge in [0, 0.05) is 13.1 Å². The number of nitrogens with zero attached hydrogens (tertiary/aromatic N) is 2. The van der Waals surface area contributed by atoms with E-state index in [1.165, 1.54) is 19.5 Å². The van der Waals surface area contributed by atoms with Gasteiger partial charge in [0.25, 0.3) is 0 Å². The Kier molecular flexibility index (Phi) is 5.43. The second kappa shape index (κ2) is 7.31. The molecule has 0 saturated carbocycles. The highest BCUT2D eigenvalue weighted by Gasteiger charge is 2.22. The molecule has 3 heteroatoms. The van der Waals surface area contributed by atoms with Crippen LogP contribution in [-0.4, -0.2) is 31.1 Å². The molecule has 0 bridgehead atoms. The zero-order valence-electron chi connectivity index (χ0n) is 12.5. The summed E-state index contributed by atoms with van der Waals surface area (Å²) in [6.07, 6.45) is 1.76. The van der Waals surface area contributed by atoms with Gasteiger partial charge in [-0.2, -0.15) is 5.26 Å². The van der Waals surface area contributed by atoms with Gasteiger partial charge in [-0.25, -0.2) is 0 Å². The van der Waals surface area contributed by atoms with Crippen LogP contribution < -0.4 is 4.74 Å². The molecule has 2 rings (SSSR count). The van der Waals surface area contributed by atoms with Crippen LogP contribution in [-0.2, 0) is 6.42 Å². The lowest BCUT2D eigenvalue weighted by Crippen LogP contribution is -2.40. The zero-order chi connectivity index (χ0) is 14.4. The number of piperidine rings is 1. The summed E-state index contributed by atoms with van der Waals surface area (Å²) >= 11 is 0. The smallest absolute Gasteiger partial charge is 0.119 e.